The SMILES string of the molecule is CCCCCOc1cc(C)nc(C)c1C(=O)Nc1ccccc1. The monoisotopic (exact) mass is 312 g/mol. The number of nitrogens with zero attached hydrogens (tertiary/aromatic N) is 1. The van der Waals surface area contributed by atoms with Crippen LogP contribution in [0.5, 0.6) is 5.75 Å². The Labute approximate surface area is 137 Å². The first-order chi connectivity index (χ1) is 11.1. The number of pyridine rings is 1. The van der Waals surface area contributed by atoms with Crippen LogP contribution in [-0.2, 0) is 0 Å². The van der Waals surface area contributed by atoms with Gasteiger partial charge in [-0.2, -0.15) is 0 Å². The van der Waals surface area contributed by atoms with E-state index >= 15 is 0 Å². The fourth-order valence-electron chi connectivity index (χ4n) is 2.43. The molecule has 0 aliphatic carbocycles. The van der Waals surface area contributed by atoms with E-state index in [0.717, 1.165) is 30.6 Å². The van der Waals surface area contributed by atoms with Crippen LogP contribution >= 0.6 is 0 Å². The van der Waals surface area contributed by atoms with Crippen LogP contribution in [0.3, 0.4) is 0 Å². The summed E-state index contributed by atoms with van der Waals surface area (Å²) in [6, 6.07) is 11.2. The lowest BCUT2D eigenvalue weighted by atomic mass is 10.1. The summed E-state index contributed by atoms with van der Waals surface area (Å²) in [6.07, 6.45) is 3.24. The Bertz CT molecular complexity index is 654. The van der Waals surface area contributed by atoms with Gasteiger partial charge in [-0.1, -0.05) is 38.0 Å². The number of carbonyl (C=O) groups excluding carboxylic acids is 1. The van der Waals surface area contributed by atoms with Crippen molar-refractivity contribution >= 4 is 11.6 Å². The van der Waals surface area contributed by atoms with Gasteiger partial charge in [-0.3, -0.25) is 9.78 Å². The van der Waals surface area contributed by atoms with Gasteiger partial charge in [0, 0.05) is 17.4 Å². The molecule has 0 aliphatic heterocycles. The highest BCUT2D eigenvalue weighted by molar-refractivity contribution is 6.07. The Hall–Kier alpha value is -2.36. The van der Waals surface area contributed by atoms with E-state index in [0.29, 0.717) is 23.6 Å². The lowest BCUT2D eigenvalue weighted by molar-refractivity contribution is 0.102. The number of nitrogens with one attached hydrogen (secondary N) is 1. The number of carbonyl (C=O) groups is 1. The van der Waals surface area contributed by atoms with Gasteiger partial charge in [0.2, 0.25) is 0 Å². The minimum absolute atomic E-state index is 0.188. The van der Waals surface area contributed by atoms with Crippen molar-refractivity contribution in [1.29, 1.82) is 0 Å². The molecule has 0 bridgehead atoms. The van der Waals surface area contributed by atoms with E-state index in [4.69, 9.17) is 4.74 Å². The van der Waals surface area contributed by atoms with Gasteiger partial charge in [-0.25, -0.2) is 0 Å². The molecule has 23 heavy (non-hydrogen) atoms. The fraction of sp³-hybridized carbons (Fsp3) is 0.368. The first-order valence-corrected chi connectivity index (χ1v) is 8.09. The van der Waals surface area contributed by atoms with E-state index in [1.807, 2.05) is 50.2 Å². The summed E-state index contributed by atoms with van der Waals surface area (Å²) >= 11 is 0. The van der Waals surface area contributed by atoms with Crippen molar-refractivity contribution in [2.75, 3.05) is 11.9 Å². The average Bonchev–Trinajstić information content (AvgIpc) is 2.52. The Balaban J connectivity index is 2.19. The number of aryl methyl sites for hydroxylation is 2. The molecule has 0 aliphatic rings. The molecular formula is C19H24N2O2. The summed E-state index contributed by atoms with van der Waals surface area (Å²) < 4.78 is 5.86. The minimum Gasteiger partial charge on any atom is -0.493 e. The summed E-state index contributed by atoms with van der Waals surface area (Å²) in [5, 5.41) is 2.90. The Morgan fingerprint density at radius 3 is 2.61 bits per heavy atom. The first-order valence-electron chi connectivity index (χ1n) is 8.09. The van der Waals surface area contributed by atoms with Crippen LogP contribution in [0.15, 0.2) is 36.4 Å². The van der Waals surface area contributed by atoms with Crippen molar-refractivity contribution < 1.29 is 9.53 Å². The second kappa shape index (κ2) is 8.32. The second-order valence-corrected chi connectivity index (χ2v) is 5.60. The van der Waals surface area contributed by atoms with Gasteiger partial charge >= 0.3 is 0 Å². The van der Waals surface area contributed by atoms with Crippen molar-refractivity contribution in [1.82, 2.24) is 4.98 Å². The summed E-state index contributed by atoms with van der Waals surface area (Å²) in [5.74, 6) is 0.422. The Morgan fingerprint density at radius 1 is 1.17 bits per heavy atom. The van der Waals surface area contributed by atoms with Gasteiger partial charge in [-0.05, 0) is 32.4 Å². The van der Waals surface area contributed by atoms with Crippen molar-refractivity contribution in [3.8, 4) is 5.75 Å². The number of para-hydroxylation sites is 1. The topological polar surface area (TPSA) is 51.2 Å². The van der Waals surface area contributed by atoms with Crippen molar-refractivity contribution in [2.24, 2.45) is 0 Å². The molecule has 0 spiro atoms. The summed E-state index contributed by atoms with van der Waals surface area (Å²) in [4.78, 5) is 17.0. The highest BCUT2D eigenvalue weighted by atomic mass is 16.5. The van der Waals surface area contributed by atoms with E-state index in [9.17, 15) is 4.79 Å². The molecule has 0 unspecified atom stereocenters. The molecule has 1 aromatic heterocycles. The molecule has 0 saturated carbocycles. The summed E-state index contributed by atoms with van der Waals surface area (Å²) in [6.45, 7) is 6.51. The minimum atomic E-state index is -0.188. The standard InChI is InChI=1S/C19H24N2O2/c1-4-5-9-12-23-17-13-14(2)20-15(3)18(17)19(22)21-16-10-7-6-8-11-16/h6-8,10-11,13H,4-5,9,12H2,1-3H3,(H,21,22). The molecule has 1 aromatic carbocycles. The predicted octanol–water partition coefficient (Wildman–Crippen LogP) is 4.52. The van der Waals surface area contributed by atoms with Gasteiger partial charge in [0.25, 0.3) is 5.91 Å². The van der Waals surface area contributed by atoms with Crippen LogP contribution in [0.2, 0.25) is 0 Å². The van der Waals surface area contributed by atoms with Gasteiger partial charge in [0.05, 0.1) is 12.3 Å². The van der Waals surface area contributed by atoms with Crippen LogP contribution in [-0.4, -0.2) is 17.5 Å². The average molecular weight is 312 g/mol. The lowest BCUT2D eigenvalue weighted by Crippen LogP contribution is -2.16. The molecule has 0 radical (unpaired) electrons. The predicted molar refractivity (Wildman–Crippen MR) is 93.1 cm³/mol. The molecule has 2 rings (SSSR count). The molecule has 1 N–H and O–H groups in total. The number of hydrogen-bond donors (Lipinski definition) is 1. The van der Waals surface area contributed by atoms with Crippen LogP contribution in [0.25, 0.3) is 0 Å². The van der Waals surface area contributed by atoms with Crippen molar-refractivity contribution in [3.05, 3.63) is 53.3 Å². The lowest BCUT2D eigenvalue weighted by Gasteiger charge is -2.14. The quantitative estimate of drug-likeness (QED) is 0.765. The van der Waals surface area contributed by atoms with Crippen molar-refractivity contribution in [2.45, 2.75) is 40.0 Å². The zero-order chi connectivity index (χ0) is 16.7. The second-order valence-electron chi connectivity index (χ2n) is 5.60. The van der Waals surface area contributed by atoms with E-state index < -0.39 is 0 Å². The molecular weight excluding hydrogens is 288 g/mol. The van der Waals surface area contributed by atoms with E-state index in [-0.39, 0.29) is 5.91 Å². The largest absolute Gasteiger partial charge is 0.493 e. The molecule has 0 fully saturated rings. The third-order valence-corrected chi connectivity index (χ3v) is 3.56. The smallest absolute Gasteiger partial charge is 0.261 e. The fourth-order valence-corrected chi connectivity index (χ4v) is 2.43. The molecule has 122 valence electrons. The maximum Gasteiger partial charge on any atom is 0.261 e. The van der Waals surface area contributed by atoms with Gasteiger partial charge in [-0.15, -0.1) is 0 Å². The number of rotatable bonds is 7. The number of benzene rings is 1. The van der Waals surface area contributed by atoms with Crippen LogP contribution in [0.4, 0.5) is 5.69 Å². The first kappa shape index (κ1) is 17.0. The molecule has 4 nitrogen and oxygen atoms in total. The zero-order valence-electron chi connectivity index (χ0n) is 14.1. The van der Waals surface area contributed by atoms with Crippen molar-refractivity contribution in [3.63, 3.8) is 0 Å². The number of amides is 1. The van der Waals surface area contributed by atoms with E-state index in [1.165, 1.54) is 0 Å². The zero-order valence-corrected chi connectivity index (χ0v) is 14.1. The maximum atomic E-state index is 12.6. The van der Waals surface area contributed by atoms with Crippen LogP contribution in [0, 0.1) is 13.8 Å². The number of aromatic nitrogens is 1. The normalized spacial score (nSPS) is 10.4. The summed E-state index contributed by atoms with van der Waals surface area (Å²) in [7, 11) is 0. The van der Waals surface area contributed by atoms with Crippen LogP contribution in [0.1, 0.15) is 47.9 Å². The molecule has 0 saturated heterocycles. The summed E-state index contributed by atoms with van der Waals surface area (Å²) in [5.41, 5.74) is 2.80. The Kier molecular flexibility index (Phi) is 6.15. The van der Waals surface area contributed by atoms with Gasteiger partial charge in [0.1, 0.15) is 11.3 Å². The maximum absolute atomic E-state index is 12.6. The third-order valence-electron chi connectivity index (χ3n) is 3.56. The van der Waals surface area contributed by atoms with Crippen LogP contribution < -0.4 is 10.1 Å². The van der Waals surface area contributed by atoms with Gasteiger partial charge < -0.3 is 10.1 Å². The van der Waals surface area contributed by atoms with Gasteiger partial charge in [0.15, 0.2) is 0 Å². The third kappa shape index (κ3) is 4.81. The number of anilines is 1. The number of ether oxygens (including phenoxy) is 1. The molecule has 2 aromatic rings. The number of hydrogen-bond acceptors (Lipinski definition) is 3. The molecule has 1 heterocycles. The Morgan fingerprint density at radius 2 is 1.91 bits per heavy atom. The van der Waals surface area contributed by atoms with E-state index in [2.05, 4.69) is 17.2 Å². The van der Waals surface area contributed by atoms with E-state index in [1.54, 1.807) is 0 Å². The highest BCUT2D eigenvalue weighted by Crippen LogP contribution is 2.24. The number of unbranched alkanes of at least 4 members (excludes halogenated alkanes) is 2. The highest BCUT2D eigenvalue weighted by Gasteiger charge is 2.18. The molecule has 4 heteroatoms. The molecule has 1 amide bonds. The molecule has 0 atom stereocenters.